The van der Waals surface area contributed by atoms with Crippen LogP contribution in [0.3, 0.4) is 0 Å². The van der Waals surface area contributed by atoms with E-state index >= 15 is 0 Å². The Bertz CT molecular complexity index is 362. The van der Waals surface area contributed by atoms with Gasteiger partial charge in [-0.2, -0.15) is 0 Å². The minimum atomic E-state index is -0.786. The zero-order chi connectivity index (χ0) is 10.1. The second-order valence-electron chi connectivity index (χ2n) is 3.87. The standard InChI is InChI=1S/C10H14N2O2.ClH/c1-7-3-2-4-12-8(5-9(13)14)6-11-10(7)12;/h6-7H,2-5H2,1H3,(H,13,14);1H. The summed E-state index contributed by atoms with van der Waals surface area (Å²) in [6, 6.07) is 0. The Labute approximate surface area is 94.7 Å². The lowest BCUT2D eigenvalue weighted by atomic mass is 10.0. The zero-order valence-corrected chi connectivity index (χ0v) is 9.46. The molecule has 0 amide bonds. The number of carbonyl (C=O) groups is 1. The first-order valence-corrected chi connectivity index (χ1v) is 4.94. The Hall–Kier alpha value is -1.03. The lowest BCUT2D eigenvalue weighted by molar-refractivity contribution is -0.136. The Morgan fingerprint density at radius 2 is 2.47 bits per heavy atom. The molecule has 0 fully saturated rings. The van der Waals surface area contributed by atoms with Crippen LogP contribution in [-0.4, -0.2) is 20.6 Å². The van der Waals surface area contributed by atoms with Crippen molar-refractivity contribution in [3.05, 3.63) is 17.7 Å². The normalized spacial score (nSPS) is 19.1. The molecule has 4 nitrogen and oxygen atoms in total. The molecule has 0 radical (unpaired) electrons. The van der Waals surface area contributed by atoms with Gasteiger partial charge >= 0.3 is 5.97 Å². The molecule has 1 aromatic rings. The highest BCUT2D eigenvalue weighted by Gasteiger charge is 2.20. The Balaban J connectivity index is 0.00000112. The maximum absolute atomic E-state index is 10.6. The average molecular weight is 231 g/mol. The highest BCUT2D eigenvalue weighted by atomic mass is 35.5. The summed E-state index contributed by atoms with van der Waals surface area (Å²) in [7, 11) is 0. The van der Waals surface area contributed by atoms with Crippen LogP contribution in [0.15, 0.2) is 6.20 Å². The fourth-order valence-electron chi connectivity index (χ4n) is 2.06. The predicted molar refractivity (Wildman–Crippen MR) is 58.5 cm³/mol. The number of hydrogen-bond donors (Lipinski definition) is 1. The second-order valence-corrected chi connectivity index (χ2v) is 3.87. The number of nitrogens with zero attached hydrogens (tertiary/aromatic N) is 2. The molecule has 2 rings (SSSR count). The van der Waals surface area contributed by atoms with E-state index in [0.29, 0.717) is 5.92 Å². The SMILES string of the molecule is CC1CCCn2c(CC(=O)O)cnc21.Cl. The molecule has 1 N–H and O–H groups in total. The molecule has 84 valence electrons. The Morgan fingerprint density at radius 3 is 3.13 bits per heavy atom. The van der Waals surface area contributed by atoms with Gasteiger partial charge in [-0.15, -0.1) is 12.4 Å². The molecule has 1 aromatic heterocycles. The summed E-state index contributed by atoms with van der Waals surface area (Å²) in [6.07, 6.45) is 4.06. The van der Waals surface area contributed by atoms with Gasteiger partial charge in [0.2, 0.25) is 0 Å². The van der Waals surface area contributed by atoms with Crippen LogP contribution >= 0.6 is 12.4 Å². The Morgan fingerprint density at radius 1 is 1.73 bits per heavy atom. The van der Waals surface area contributed by atoms with Gasteiger partial charge in [0.05, 0.1) is 6.42 Å². The van der Waals surface area contributed by atoms with Crippen LogP contribution < -0.4 is 0 Å². The van der Waals surface area contributed by atoms with Crippen molar-refractivity contribution in [2.75, 3.05) is 0 Å². The molecular weight excluding hydrogens is 216 g/mol. The zero-order valence-electron chi connectivity index (χ0n) is 8.64. The van der Waals surface area contributed by atoms with Gasteiger partial charge in [0, 0.05) is 24.4 Å². The molecule has 1 aliphatic rings. The number of fused-ring (bicyclic) bond motifs is 1. The smallest absolute Gasteiger partial charge is 0.309 e. The van der Waals surface area contributed by atoms with Crippen molar-refractivity contribution in [3.8, 4) is 0 Å². The van der Waals surface area contributed by atoms with E-state index in [1.165, 1.54) is 0 Å². The average Bonchev–Trinajstić information content (AvgIpc) is 2.49. The molecule has 0 aromatic carbocycles. The molecule has 15 heavy (non-hydrogen) atoms. The molecular formula is C10H15ClN2O2. The van der Waals surface area contributed by atoms with Crippen molar-refractivity contribution in [1.82, 2.24) is 9.55 Å². The first-order chi connectivity index (χ1) is 6.68. The van der Waals surface area contributed by atoms with E-state index in [1.54, 1.807) is 6.20 Å². The number of aliphatic carboxylic acids is 1. The van der Waals surface area contributed by atoms with E-state index in [0.717, 1.165) is 30.9 Å². The summed E-state index contributed by atoms with van der Waals surface area (Å²) in [5, 5.41) is 8.71. The van der Waals surface area contributed by atoms with E-state index in [2.05, 4.69) is 16.5 Å². The van der Waals surface area contributed by atoms with Crippen LogP contribution in [0.5, 0.6) is 0 Å². The first-order valence-electron chi connectivity index (χ1n) is 4.94. The quantitative estimate of drug-likeness (QED) is 0.844. The number of rotatable bonds is 2. The third-order valence-corrected chi connectivity index (χ3v) is 2.76. The summed E-state index contributed by atoms with van der Waals surface area (Å²) in [5.41, 5.74) is 0.832. The topological polar surface area (TPSA) is 55.1 Å². The van der Waals surface area contributed by atoms with Crippen molar-refractivity contribution < 1.29 is 9.90 Å². The van der Waals surface area contributed by atoms with Gasteiger partial charge in [-0.1, -0.05) is 6.92 Å². The molecule has 0 bridgehead atoms. The molecule has 5 heteroatoms. The molecule has 2 heterocycles. The fraction of sp³-hybridized carbons (Fsp3) is 0.600. The van der Waals surface area contributed by atoms with Gasteiger partial charge in [-0.3, -0.25) is 4.79 Å². The monoisotopic (exact) mass is 230 g/mol. The van der Waals surface area contributed by atoms with Gasteiger partial charge < -0.3 is 9.67 Å². The van der Waals surface area contributed by atoms with Crippen LogP contribution in [0.25, 0.3) is 0 Å². The van der Waals surface area contributed by atoms with E-state index in [4.69, 9.17) is 5.11 Å². The van der Waals surface area contributed by atoms with Gasteiger partial charge in [-0.05, 0) is 12.8 Å². The summed E-state index contributed by atoms with van der Waals surface area (Å²) in [5.74, 6) is 0.727. The van der Waals surface area contributed by atoms with Crippen molar-refractivity contribution in [2.24, 2.45) is 0 Å². The second kappa shape index (κ2) is 4.66. The number of aromatic nitrogens is 2. The summed E-state index contributed by atoms with van der Waals surface area (Å²) >= 11 is 0. The van der Waals surface area contributed by atoms with Crippen molar-refractivity contribution >= 4 is 18.4 Å². The van der Waals surface area contributed by atoms with Crippen molar-refractivity contribution in [2.45, 2.75) is 38.6 Å². The van der Waals surface area contributed by atoms with Gasteiger partial charge in [-0.25, -0.2) is 4.98 Å². The highest BCUT2D eigenvalue weighted by molar-refractivity contribution is 5.85. The van der Waals surface area contributed by atoms with E-state index in [9.17, 15) is 4.79 Å². The molecule has 0 aliphatic carbocycles. The minimum absolute atomic E-state index is 0. The predicted octanol–water partition coefficient (Wildman–Crippen LogP) is 1.83. The summed E-state index contributed by atoms with van der Waals surface area (Å²) in [6.45, 7) is 3.06. The minimum Gasteiger partial charge on any atom is -0.481 e. The lowest BCUT2D eigenvalue weighted by Gasteiger charge is -2.21. The maximum atomic E-state index is 10.6. The summed E-state index contributed by atoms with van der Waals surface area (Å²) in [4.78, 5) is 14.9. The number of imidazole rings is 1. The van der Waals surface area contributed by atoms with E-state index < -0.39 is 5.97 Å². The van der Waals surface area contributed by atoms with Crippen LogP contribution in [0.4, 0.5) is 0 Å². The first kappa shape index (κ1) is 12.0. The van der Waals surface area contributed by atoms with Crippen LogP contribution in [0, 0.1) is 0 Å². The molecule has 1 aliphatic heterocycles. The third-order valence-electron chi connectivity index (χ3n) is 2.76. The molecule has 1 atom stereocenters. The summed E-state index contributed by atoms with van der Waals surface area (Å²) < 4.78 is 2.06. The highest BCUT2D eigenvalue weighted by Crippen LogP contribution is 2.26. The molecule has 0 saturated carbocycles. The van der Waals surface area contributed by atoms with Gasteiger partial charge in [0.1, 0.15) is 5.82 Å². The maximum Gasteiger partial charge on any atom is 0.309 e. The third kappa shape index (κ3) is 2.31. The molecule has 1 unspecified atom stereocenters. The number of carboxylic acid groups (broad SMARTS) is 1. The molecule has 0 saturated heterocycles. The van der Waals surface area contributed by atoms with Crippen LogP contribution in [-0.2, 0) is 17.8 Å². The van der Waals surface area contributed by atoms with E-state index in [-0.39, 0.29) is 18.8 Å². The number of hydrogen-bond acceptors (Lipinski definition) is 2. The van der Waals surface area contributed by atoms with Crippen LogP contribution in [0.2, 0.25) is 0 Å². The van der Waals surface area contributed by atoms with Crippen molar-refractivity contribution in [3.63, 3.8) is 0 Å². The number of halogens is 1. The van der Waals surface area contributed by atoms with Crippen molar-refractivity contribution in [1.29, 1.82) is 0 Å². The van der Waals surface area contributed by atoms with Gasteiger partial charge in [0.15, 0.2) is 0 Å². The lowest BCUT2D eigenvalue weighted by Crippen LogP contribution is -2.17. The largest absolute Gasteiger partial charge is 0.481 e. The number of carboxylic acids is 1. The van der Waals surface area contributed by atoms with Crippen LogP contribution in [0.1, 0.15) is 37.2 Å². The Kier molecular flexibility index (Phi) is 3.74. The fourth-order valence-corrected chi connectivity index (χ4v) is 2.06. The van der Waals surface area contributed by atoms with E-state index in [1.807, 2.05) is 0 Å². The van der Waals surface area contributed by atoms with Gasteiger partial charge in [0.25, 0.3) is 0 Å². The molecule has 0 spiro atoms.